The number of nitrogens with one attached hydrogen (secondary N) is 1. The Bertz CT molecular complexity index is 3110. The molecular weight excluding hydrogens is 765 g/mol. The van der Waals surface area contributed by atoms with Gasteiger partial charge in [0.1, 0.15) is 17.1 Å². The van der Waals surface area contributed by atoms with Gasteiger partial charge in [0.05, 0.1) is 17.7 Å². The van der Waals surface area contributed by atoms with Gasteiger partial charge in [-0.15, -0.1) is 0 Å². The number of hydrogen-bond donors (Lipinski definition) is 1. The van der Waals surface area contributed by atoms with Gasteiger partial charge in [0.15, 0.2) is 29.1 Å². The second-order valence-corrected chi connectivity index (χ2v) is 14.7. The van der Waals surface area contributed by atoms with Crippen molar-refractivity contribution in [3.8, 4) is 45.2 Å². The Hall–Kier alpha value is -8.50. The van der Waals surface area contributed by atoms with E-state index < -0.39 is 5.41 Å². The molecule has 0 atom stereocenters. The molecule has 0 bridgehead atoms. The first-order valence-electron chi connectivity index (χ1n) is 20.0. The van der Waals surface area contributed by atoms with Crippen LogP contribution in [0.4, 0.5) is 0 Å². The first kappa shape index (κ1) is 37.7. The lowest BCUT2D eigenvalue weighted by Gasteiger charge is -2.31. The first-order chi connectivity index (χ1) is 30.6. The zero-order valence-corrected chi connectivity index (χ0v) is 33.4. The molecule has 1 spiro atoms. The minimum absolute atomic E-state index is 0.134. The van der Waals surface area contributed by atoms with E-state index >= 15 is 0 Å². The second-order valence-electron chi connectivity index (χ2n) is 14.7. The molecule has 1 N–H and O–H groups in total. The van der Waals surface area contributed by atoms with Gasteiger partial charge in [0.2, 0.25) is 0 Å². The lowest BCUT2D eigenvalue weighted by Crippen LogP contribution is -2.26. The van der Waals surface area contributed by atoms with Crippen LogP contribution in [0.25, 0.3) is 45.2 Å². The van der Waals surface area contributed by atoms with E-state index in [1.807, 2.05) is 54.6 Å². The summed E-state index contributed by atoms with van der Waals surface area (Å²) in [6.45, 7) is 7.87. The smallest absolute Gasteiger partial charge is 0.182 e. The van der Waals surface area contributed by atoms with Crippen molar-refractivity contribution in [3.05, 3.63) is 228 Å². The SMILES string of the molecule is C=C/C=C\C(=N)c1nc(-c2ccc3c(c2)C2(c4ccccc4-c4ccccc42)c2cc(CN=C(N=C(N=C)c4ccccn4)c4ccccn4)ccc2-3)nc(-c2ccccn2)n1. The molecule has 10 heteroatoms. The Kier molecular flexibility index (Phi) is 9.70. The molecule has 0 saturated carbocycles. The largest absolute Gasteiger partial charge is 0.297 e. The molecule has 4 heterocycles. The maximum absolute atomic E-state index is 8.83. The highest BCUT2D eigenvalue weighted by molar-refractivity contribution is 6.11. The van der Waals surface area contributed by atoms with Gasteiger partial charge in [0.25, 0.3) is 0 Å². The molecule has 8 aromatic rings. The van der Waals surface area contributed by atoms with Crippen LogP contribution in [0, 0.1) is 5.41 Å². The third kappa shape index (κ3) is 6.47. The van der Waals surface area contributed by atoms with Crippen molar-refractivity contribution in [3.63, 3.8) is 0 Å². The molecule has 0 saturated heterocycles. The van der Waals surface area contributed by atoms with Gasteiger partial charge >= 0.3 is 0 Å². The molecule has 10 rings (SSSR count). The molecule has 0 aliphatic heterocycles. The quantitative estimate of drug-likeness (QED) is 0.0876. The van der Waals surface area contributed by atoms with Crippen LogP contribution in [0.1, 0.15) is 45.0 Å². The van der Waals surface area contributed by atoms with Crippen LogP contribution in [0.2, 0.25) is 0 Å². The van der Waals surface area contributed by atoms with Gasteiger partial charge < -0.3 is 0 Å². The van der Waals surface area contributed by atoms with Crippen molar-refractivity contribution >= 4 is 24.1 Å². The Morgan fingerprint density at radius 2 is 1.19 bits per heavy atom. The van der Waals surface area contributed by atoms with Crippen LogP contribution in [-0.4, -0.2) is 54.0 Å². The van der Waals surface area contributed by atoms with Gasteiger partial charge in [-0.2, -0.15) is 0 Å². The van der Waals surface area contributed by atoms with Gasteiger partial charge in [-0.25, -0.2) is 24.9 Å². The van der Waals surface area contributed by atoms with Crippen molar-refractivity contribution in [2.75, 3.05) is 0 Å². The summed E-state index contributed by atoms with van der Waals surface area (Å²) in [6, 6.07) is 47.3. The molecule has 0 amide bonds. The Morgan fingerprint density at radius 3 is 1.84 bits per heavy atom. The lowest BCUT2D eigenvalue weighted by atomic mass is 9.70. The average molecular weight is 801 g/mol. The monoisotopic (exact) mass is 800 g/mol. The van der Waals surface area contributed by atoms with Gasteiger partial charge in [-0.1, -0.05) is 116 Å². The van der Waals surface area contributed by atoms with Crippen molar-refractivity contribution in [1.29, 1.82) is 5.41 Å². The highest BCUT2D eigenvalue weighted by Crippen LogP contribution is 2.63. The number of fused-ring (bicyclic) bond motifs is 10. The number of pyridine rings is 3. The number of amidine groups is 2. The summed E-state index contributed by atoms with van der Waals surface area (Å²) < 4.78 is 0. The maximum atomic E-state index is 8.83. The molecule has 62 heavy (non-hydrogen) atoms. The van der Waals surface area contributed by atoms with E-state index in [1.165, 1.54) is 22.3 Å². The summed E-state index contributed by atoms with van der Waals surface area (Å²) in [6.07, 6.45) is 10.1. The Labute approximate surface area is 358 Å². The van der Waals surface area contributed by atoms with Crippen molar-refractivity contribution in [1.82, 2.24) is 29.9 Å². The van der Waals surface area contributed by atoms with Gasteiger partial charge in [-0.3, -0.25) is 25.4 Å². The van der Waals surface area contributed by atoms with Crippen LogP contribution >= 0.6 is 0 Å². The number of allylic oxidation sites excluding steroid dienone is 3. The predicted molar refractivity (Wildman–Crippen MR) is 246 cm³/mol. The molecule has 294 valence electrons. The average Bonchev–Trinajstić information content (AvgIpc) is 3.80. The van der Waals surface area contributed by atoms with E-state index in [1.54, 1.807) is 36.8 Å². The summed E-state index contributed by atoms with van der Waals surface area (Å²) in [5.74, 6) is 1.84. The molecule has 0 radical (unpaired) electrons. The van der Waals surface area contributed by atoms with Crippen molar-refractivity contribution < 1.29 is 0 Å². The molecule has 2 aliphatic carbocycles. The summed E-state index contributed by atoms with van der Waals surface area (Å²) in [4.78, 5) is 42.3. The topological polar surface area (TPSA) is 138 Å². The zero-order chi connectivity index (χ0) is 42.0. The number of rotatable bonds is 9. The molecule has 2 aliphatic rings. The summed E-state index contributed by atoms with van der Waals surface area (Å²) >= 11 is 0. The van der Waals surface area contributed by atoms with Crippen LogP contribution in [0.5, 0.6) is 0 Å². The van der Waals surface area contributed by atoms with E-state index in [0.29, 0.717) is 46.9 Å². The highest BCUT2D eigenvalue weighted by Gasteiger charge is 2.51. The first-order valence-corrected chi connectivity index (χ1v) is 20.0. The maximum Gasteiger partial charge on any atom is 0.182 e. The van der Waals surface area contributed by atoms with E-state index in [4.69, 9.17) is 25.4 Å². The molecular formula is C52H36N10. The third-order valence-electron chi connectivity index (χ3n) is 11.1. The zero-order valence-electron chi connectivity index (χ0n) is 33.4. The molecule has 4 aromatic carbocycles. The minimum Gasteiger partial charge on any atom is -0.297 e. The van der Waals surface area contributed by atoms with Crippen molar-refractivity contribution in [2.45, 2.75) is 12.0 Å². The van der Waals surface area contributed by atoms with E-state index in [0.717, 1.165) is 33.4 Å². The van der Waals surface area contributed by atoms with Gasteiger partial charge in [0, 0.05) is 24.2 Å². The summed E-state index contributed by atoms with van der Waals surface area (Å²) in [5.41, 5.74) is 12.3. The summed E-state index contributed by atoms with van der Waals surface area (Å²) in [5, 5.41) is 8.83. The second kappa shape index (κ2) is 15.9. The predicted octanol–water partition coefficient (Wildman–Crippen LogP) is 9.94. The molecule has 0 unspecified atom stereocenters. The Morgan fingerprint density at radius 1 is 0.597 bits per heavy atom. The van der Waals surface area contributed by atoms with Crippen LogP contribution in [-0.2, 0) is 12.0 Å². The van der Waals surface area contributed by atoms with Crippen LogP contribution in [0.15, 0.2) is 198 Å². The third-order valence-corrected chi connectivity index (χ3v) is 11.1. The van der Waals surface area contributed by atoms with Crippen molar-refractivity contribution in [2.24, 2.45) is 15.0 Å². The number of aliphatic imine (C=N–C) groups is 3. The van der Waals surface area contributed by atoms with Gasteiger partial charge in [-0.05, 0) is 105 Å². The van der Waals surface area contributed by atoms with Crippen LogP contribution in [0.3, 0.4) is 0 Å². The Balaban J connectivity index is 1.15. The van der Waals surface area contributed by atoms with E-state index in [2.05, 4.69) is 123 Å². The fourth-order valence-corrected chi connectivity index (χ4v) is 8.50. The van der Waals surface area contributed by atoms with Crippen LogP contribution < -0.4 is 0 Å². The van der Waals surface area contributed by atoms with E-state index in [9.17, 15) is 0 Å². The number of hydrogen-bond acceptors (Lipinski definition) is 8. The fraction of sp³-hybridized carbons (Fsp3) is 0.0385. The number of nitrogens with zero attached hydrogens (tertiary/aromatic N) is 9. The van der Waals surface area contributed by atoms with E-state index in [-0.39, 0.29) is 11.5 Å². The minimum atomic E-state index is -0.673. The molecule has 0 fully saturated rings. The normalized spacial score (nSPS) is 13.4. The lowest BCUT2D eigenvalue weighted by molar-refractivity contribution is 0.791. The number of aromatic nitrogens is 6. The summed E-state index contributed by atoms with van der Waals surface area (Å²) in [7, 11) is 0. The molecule has 10 nitrogen and oxygen atoms in total. The number of benzene rings is 4. The molecule has 4 aromatic heterocycles. The standard InChI is InChI=1S/C52H36N10/c1-3-4-19-43(53)48-59-47(60-51(61-48)46-22-11-14-29-57-46)34-24-26-38-37-25-23-33(32-58-50(45-21-10-13-28-56-45)62-49(54-2)44-20-9-12-27-55-44)30-41(37)52(42(38)31-34)39-17-7-5-15-35(39)36-16-6-8-18-40(36)52/h3-31,53H,1-2,32H2/b19-4-,53-43?,58-50?,62-49?. The highest BCUT2D eigenvalue weighted by atomic mass is 15.1. The fourth-order valence-electron chi connectivity index (χ4n) is 8.50.